The van der Waals surface area contributed by atoms with Gasteiger partial charge in [0.1, 0.15) is 17.5 Å². The molecule has 0 amide bonds. The van der Waals surface area contributed by atoms with Gasteiger partial charge in [-0.2, -0.15) is 0 Å². The average Bonchev–Trinajstić information content (AvgIpc) is 3.43. The van der Waals surface area contributed by atoms with Gasteiger partial charge in [0, 0.05) is 20.4 Å². The molecule has 3 heterocycles. The number of aromatic nitrogens is 4. The molecule has 36 heavy (non-hydrogen) atoms. The first-order chi connectivity index (χ1) is 17.1. The van der Waals surface area contributed by atoms with Crippen molar-refractivity contribution < 1.29 is 27.4 Å². The Bertz CT molecular complexity index is 1070. The minimum atomic E-state index is -3.98. The zero-order chi connectivity index (χ0) is 26.5. The lowest BCUT2D eigenvalue weighted by atomic mass is 10.1. The maximum atomic E-state index is 13.6. The van der Waals surface area contributed by atoms with Gasteiger partial charge in [-0.25, -0.2) is 8.42 Å². The monoisotopic (exact) mass is 525 g/mol. The Morgan fingerprint density at radius 2 is 1.83 bits per heavy atom. The maximum absolute atomic E-state index is 13.6. The minimum absolute atomic E-state index is 0.0827. The molecule has 0 radical (unpaired) electrons. The number of sulfonamides is 1. The number of anilines is 1. The summed E-state index contributed by atoms with van der Waals surface area (Å²) in [7, 11) is -0.827. The summed E-state index contributed by atoms with van der Waals surface area (Å²) in [5.74, 6) is 0.623. The van der Waals surface area contributed by atoms with Gasteiger partial charge in [-0.3, -0.25) is 14.3 Å². The number of methoxy groups -OCH3 is 2. The highest BCUT2D eigenvalue weighted by molar-refractivity contribution is 7.93. The molecule has 2 aromatic rings. The summed E-state index contributed by atoms with van der Waals surface area (Å²) < 4.78 is 54.5. The van der Waals surface area contributed by atoms with Crippen molar-refractivity contribution in [3.63, 3.8) is 0 Å². The molecule has 0 saturated carbocycles. The van der Waals surface area contributed by atoms with Crippen molar-refractivity contribution in [2.24, 2.45) is 0 Å². The second-order valence-electron chi connectivity index (χ2n) is 9.55. The molecule has 12 heteroatoms. The summed E-state index contributed by atoms with van der Waals surface area (Å²) in [5, 5.41) is 7.57. The van der Waals surface area contributed by atoms with Crippen molar-refractivity contribution in [1.29, 1.82) is 0 Å². The van der Waals surface area contributed by atoms with Crippen molar-refractivity contribution in [2.75, 3.05) is 32.2 Å². The quantitative estimate of drug-likeness (QED) is 0.419. The van der Waals surface area contributed by atoms with Gasteiger partial charge in [0.05, 0.1) is 37.2 Å². The van der Waals surface area contributed by atoms with Crippen molar-refractivity contribution in [3.8, 4) is 0 Å². The normalized spacial score (nSPS) is 20.2. The first-order valence-electron chi connectivity index (χ1n) is 12.2. The van der Waals surface area contributed by atoms with Crippen LogP contribution in [-0.2, 0) is 29.0 Å². The summed E-state index contributed by atoms with van der Waals surface area (Å²) in [6.07, 6.45) is 2.13. The van der Waals surface area contributed by atoms with E-state index in [-0.39, 0.29) is 43.5 Å². The second-order valence-corrected chi connectivity index (χ2v) is 11.6. The molecule has 0 bridgehead atoms. The summed E-state index contributed by atoms with van der Waals surface area (Å²) in [5.41, 5.74) is 1.52. The number of nitrogens with zero attached hydrogens (tertiary/aromatic N) is 4. The van der Waals surface area contributed by atoms with Crippen LogP contribution in [0.25, 0.3) is 0 Å². The number of rotatable bonds is 13. The van der Waals surface area contributed by atoms with E-state index in [0.717, 1.165) is 18.4 Å². The van der Waals surface area contributed by atoms with Gasteiger partial charge >= 0.3 is 0 Å². The standard InChI is InChI=1S/C24H39N5O6S/c1-15(2)34-22(20-10-8-16(3)12-25-20)18(5)36(30,31)28-24-27-26-23(21-11-9-17(4)35-21)29(24)19(13-32-6)14-33-7/h8,10,12,15,17-19,21-22H,9,11,13-14H2,1-7H3,(H,27,28)/t17-,18+,21-,22-/m1/s1. The molecule has 0 unspecified atom stereocenters. The van der Waals surface area contributed by atoms with Crippen molar-refractivity contribution in [1.82, 2.24) is 19.7 Å². The van der Waals surface area contributed by atoms with E-state index in [0.29, 0.717) is 11.5 Å². The summed E-state index contributed by atoms with van der Waals surface area (Å²) >= 11 is 0. The van der Waals surface area contributed by atoms with E-state index in [1.807, 2.05) is 33.8 Å². The molecule has 11 nitrogen and oxygen atoms in total. The molecule has 0 aromatic carbocycles. The first kappa shape index (κ1) is 28.5. The van der Waals surface area contributed by atoms with E-state index < -0.39 is 21.4 Å². The van der Waals surface area contributed by atoms with Gasteiger partial charge in [0.2, 0.25) is 16.0 Å². The Hall–Kier alpha value is -2.12. The van der Waals surface area contributed by atoms with Crippen LogP contribution in [0.15, 0.2) is 18.3 Å². The molecule has 4 atom stereocenters. The fourth-order valence-corrected chi connectivity index (χ4v) is 5.38. The summed E-state index contributed by atoms with van der Waals surface area (Å²) in [6.45, 7) is 9.80. The van der Waals surface area contributed by atoms with Gasteiger partial charge in [0.15, 0.2) is 5.82 Å². The largest absolute Gasteiger partial charge is 0.382 e. The highest BCUT2D eigenvalue weighted by atomic mass is 32.2. The Balaban J connectivity index is 1.97. The fraction of sp³-hybridized carbons (Fsp3) is 0.708. The van der Waals surface area contributed by atoms with Gasteiger partial charge in [-0.15, -0.1) is 10.2 Å². The van der Waals surface area contributed by atoms with Crippen LogP contribution in [0.3, 0.4) is 0 Å². The molecule has 2 aromatic heterocycles. The van der Waals surface area contributed by atoms with Crippen LogP contribution in [-0.4, -0.2) is 73.1 Å². The summed E-state index contributed by atoms with van der Waals surface area (Å²) in [4.78, 5) is 4.43. The molecule has 1 fully saturated rings. The molecular formula is C24H39N5O6S. The SMILES string of the molecule is COCC(COC)n1c(NS(=O)(=O)[C@@H](C)[C@@H](OC(C)C)c2ccc(C)cn2)nnc1[C@H]1CC[C@@H](C)O1. The third kappa shape index (κ3) is 6.80. The number of aryl methyl sites for hydroxylation is 1. The molecule has 1 aliphatic rings. The highest BCUT2D eigenvalue weighted by Gasteiger charge is 2.37. The van der Waals surface area contributed by atoms with Crippen LogP contribution in [0.1, 0.15) is 75.9 Å². The molecular weight excluding hydrogens is 486 g/mol. The fourth-order valence-electron chi connectivity index (χ4n) is 4.27. The molecule has 0 spiro atoms. The number of hydrogen-bond donors (Lipinski definition) is 1. The average molecular weight is 526 g/mol. The van der Waals surface area contributed by atoms with Crippen molar-refractivity contribution >= 4 is 16.0 Å². The lowest BCUT2D eigenvalue weighted by Gasteiger charge is -2.27. The minimum Gasteiger partial charge on any atom is -0.382 e. The van der Waals surface area contributed by atoms with Crippen LogP contribution >= 0.6 is 0 Å². The lowest BCUT2D eigenvalue weighted by molar-refractivity contribution is 0.00415. The third-order valence-corrected chi connectivity index (χ3v) is 7.81. The maximum Gasteiger partial charge on any atom is 0.240 e. The van der Waals surface area contributed by atoms with Gasteiger partial charge in [-0.05, 0) is 59.1 Å². The van der Waals surface area contributed by atoms with Gasteiger partial charge < -0.3 is 18.9 Å². The number of nitrogens with one attached hydrogen (secondary N) is 1. The predicted octanol–water partition coefficient (Wildman–Crippen LogP) is 3.35. The van der Waals surface area contributed by atoms with E-state index in [1.165, 1.54) is 0 Å². The van der Waals surface area contributed by atoms with Crippen LogP contribution < -0.4 is 4.72 Å². The molecule has 1 saturated heterocycles. The topological polar surface area (TPSA) is 127 Å². The molecule has 0 aliphatic carbocycles. The van der Waals surface area contributed by atoms with Crippen molar-refractivity contribution in [2.45, 2.75) is 83.2 Å². The molecule has 1 aliphatic heterocycles. The van der Waals surface area contributed by atoms with Crippen LogP contribution in [0, 0.1) is 6.92 Å². The van der Waals surface area contributed by atoms with Crippen LogP contribution in [0.2, 0.25) is 0 Å². The Morgan fingerprint density at radius 3 is 2.36 bits per heavy atom. The molecule has 3 rings (SSSR count). The van der Waals surface area contributed by atoms with E-state index in [1.54, 1.807) is 38.0 Å². The van der Waals surface area contributed by atoms with E-state index in [9.17, 15) is 8.42 Å². The Morgan fingerprint density at radius 1 is 1.14 bits per heavy atom. The van der Waals surface area contributed by atoms with Gasteiger partial charge in [-0.1, -0.05) is 6.07 Å². The highest BCUT2D eigenvalue weighted by Crippen LogP contribution is 2.35. The van der Waals surface area contributed by atoms with Crippen molar-refractivity contribution in [3.05, 3.63) is 35.4 Å². The first-order valence-corrected chi connectivity index (χ1v) is 13.8. The smallest absolute Gasteiger partial charge is 0.240 e. The number of pyridine rings is 1. The zero-order valence-electron chi connectivity index (χ0n) is 22.2. The lowest BCUT2D eigenvalue weighted by Crippen LogP contribution is -2.35. The Labute approximate surface area is 213 Å². The van der Waals surface area contributed by atoms with Crippen LogP contribution in [0.5, 0.6) is 0 Å². The second kappa shape index (κ2) is 12.4. The van der Waals surface area contributed by atoms with Gasteiger partial charge in [0.25, 0.3) is 0 Å². The van der Waals surface area contributed by atoms with Crippen LogP contribution in [0.4, 0.5) is 5.95 Å². The predicted molar refractivity (Wildman–Crippen MR) is 135 cm³/mol. The van der Waals surface area contributed by atoms with E-state index >= 15 is 0 Å². The molecule has 1 N–H and O–H groups in total. The summed E-state index contributed by atoms with van der Waals surface area (Å²) in [6, 6.07) is 3.32. The number of ether oxygens (including phenoxy) is 4. The molecule has 202 valence electrons. The zero-order valence-corrected chi connectivity index (χ0v) is 23.0. The third-order valence-electron chi connectivity index (χ3n) is 6.12. The number of hydrogen-bond acceptors (Lipinski definition) is 9. The Kier molecular flexibility index (Phi) is 9.81. The van der Waals surface area contributed by atoms with E-state index in [2.05, 4.69) is 19.9 Å². The van der Waals surface area contributed by atoms with E-state index in [4.69, 9.17) is 18.9 Å².